The lowest BCUT2D eigenvalue weighted by molar-refractivity contribution is 0.213. The highest BCUT2D eigenvalue weighted by Gasteiger charge is 2.34. The minimum atomic E-state index is -0.211. The number of aryl methyl sites for hydroxylation is 1. The van der Waals surface area contributed by atoms with E-state index in [1.54, 1.807) is 44.1 Å². The molecule has 1 saturated heterocycles. The standard InChI is InChI=1S/C20H23ClN2O4S/c1-12-5-6-15(14(21)9-12)22-20(24)23-7-8-28-19(23)13-10-17(26-3)18(27-4)11-16(13)25-2/h5-6,9-11,19H,7-8H2,1-4H3,(H,22,24). The Labute approximate surface area is 174 Å². The van der Waals surface area contributed by atoms with Crippen LogP contribution in [0, 0.1) is 6.92 Å². The number of ether oxygens (including phenoxy) is 3. The monoisotopic (exact) mass is 422 g/mol. The molecule has 150 valence electrons. The third-order valence-corrected chi connectivity index (χ3v) is 6.08. The van der Waals surface area contributed by atoms with Gasteiger partial charge < -0.3 is 24.4 Å². The first-order valence-corrected chi connectivity index (χ1v) is 10.2. The molecule has 1 aliphatic rings. The van der Waals surface area contributed by atoms with E-state index in [0.717, 1.165) is 16.9 Å². The van der Waals surface area contributed by atoms with Crippen molar-refractivity contribution in [2.75, 3.05) is 38.9 Å². The molecule has 3 rings (SSSR count). The molecule has 6 nitrogen and oxygen atoms in total. The van der Waals surface area contributed by atoms with Crippen LogP contribution >= 0.6 is 23.4 Å². The molecule has 0 bridgehead atoms. The van der Waals surface area contributed by atoms with Crippen LogP contribution in [-0.2, 0) is 0 Å². The Hall–Kier alpha value is -2.25. The van der Waals surface area contributed by atoms with Gasteiger partial charge in [0.2, 0.25) is 0 Å². The molecule has 0 saturated carbocycles. The summed E-state index contributed by atoms with van der Waals surface area (Å²) in [5.74, 6) is 2.63. The molecule has 1 N–H and O–H groups in total. The number of urea groups is 1. The van der Waals surface area contributed by atoms with Crippen molar-refractivity contribution in [3.63, 3.8) is 0 Å². The minimum absolute atomic E-state index is 0.209. The van der Waals surface area contributed by atoms with E-state index in [9.17, 15) is 4.79 Å². The number of methoxy groups -OCH3 is 3. The second-order valence-electron chi connectivity index (χ2n) is 6.28. The van der Waals surface area contributed by atoms with Crippen LogP contribution in [0.2, 0.25) is 5.02 Å². The van der Waals surface area contributed by atoms with Gasteiger partial charge in [-0.15, -0.1) is 11.8 Å². The fraction of sp³-hybridized carbons (Fsp3) is 0.350. The molecule has 1 unspecified atom stereocenters. The lowest BCUT2D eigenvalue weighted by Crippen LogP contribution is -2.34. The van der Waals surface area contributed by atoms with Crippen molar-refractivity contribution >= 4 is 35.1 Å². The van der Waals surface area contributed by atoms with Crippen molar-refractivity contribution in [3.05, 3.63) is 46.5 Å². The van der Waals surface area contributed by atoms with Crippen LogP contribution in [0.5, 0.6) is 17.2 Å². The van der Waals surface area contributed by atoms with Crippen molar-refractivity contribution in [1.29, 1.82) is 0 Å². The van der Waals surface area contributed by atoms with Crippen molar-refractivity contribution in [2.24, 2.45) is 0 Å². The second kappa shape index (κ2) is 8.84. The number of hydrogen-bond donors (Lipinski definition) is 1. The van der Waals surface area contributed by atoms with Crippen molar-refractivity contribution in [1.82, 2.24) is 4.90 Å². The third kappa shape index (κ3) is 4.10. The van der Waals surface area contributed by atoms with Gasteiger partial charge >= 0.3 is 6.03 Å². The van der Waals surface area contributed by atoms with Crippen LogP contribution in [0.4, 0.5) is 10.5 Å². The highest BCUT2D eigenvalue weighted by atomic mass is 35.5. The van der Waals surface area contributed by atoms with Gasteiger partial charge in [0.15, 0.2) is 11.5 Å². The number of carbonyl (C=O) groups excluding carboxylic acids is 1. The van der Waals surface area contributed by atoms with Crippen molar-refractivity contribution in [3.8, 4) is 17.2 Å². The van der Waals surface area contributed by atoms with Crippen LogP contribution in [-0.4, -0.2) is 44.6 Å². The molecule has 0 spiro atoms. The summed E-state index contributed by atoms with van der Waals surface area (Å²) in [5, 5.41) is 3.22. The molecule has 28 heavy (non-hydrogen) atoms. The summed E-state index contributed by atoms with van der Waals surface area (Å²) in [6.07, 6.45) is 0. The molecule has 2 aromatic rings. The minimum Gasteiger partial charge on any atom is -0.496 e. The average Bonchev–Trinajstić information content (AvgIpc) is 3.18. The molecule has 1 heterocycles. The molecule has 8 heteroatoms. The second-order valence-corrected chi connectivity index (χ2v) is 7.87. The Balaban J connectivity index is 1.89. The first-order valence-electron chi connectivity index (χ1n) is 8.73. The van der Waals surface area contributed by atoms with E-state index in [0.29, 0.717) is 34.5 Å². The fourth-order valence-corrected chi connectivity index (χ4v) is 4.64. The van der Waals surface area contributed by atoms with Gasteiger partial charge in [0.25, 0.3) is 0 Å². The predicted octanol–water partition coefficient (Wildman–Crippen LogP) is 4.95. The number of nitrogens with zero attached hydrogens (tertiary/aromatic N) is 1. The molecular weight excluding hydrogens is 400 g/mol. The van der Waals surface area contributed by atoms with E-state index in [1.165, 1.54) is 0 Å². The number of thioether (sulfide) groups is 1. The first kappa shape index (κ1) is 20.5. The number of nitrogens with one attached hydrogen (secondary N) is 1. The Morgan fingerprint density at radius 1 is 1.11 bits per heavy atom. The maximum absolute atomic E-state index is 13.0. The van der Waals surface area contributed by atoms with Crippen LogP contribution in [0.3, 0.4) is 0 Å². The summed E-state index contributed by atoms with van der Waals surface area (Å²) in [6, 6.07) is 8.97. The summed E-state index contributed by atoms with van der Waals surface area (Å²) >= 11 is 7.93. The van der Waals surface area contributed by atoms with Gasteiger partial charge in [-0.25, -0.2) is 4.79 Å². The highest BCUT2D eigenvalue weighted by Crippen LogP contribution is 2.46. The number of halogens is 1. The highest BCUT2D eigenvalue weighted by molar-refractivity contribution is 7.99. The van der Waals surface area contributed by atoms with Crippen LogP contribution in [0.25, 0.3) is 0 Å². The Morgan fingerprint density at radius 2 is 1.79 bits per heavy atom. The number of hydrogen-bond acceptors (Lipinski definition) is 5. The number of amides is 2. The Kier molecular flexibility index (Phi) is 6.46. The van der Waals surface area contributed by atoms with Gasteiger partial charge in [0.05, 0.1) is 32.0 Å². The molecule has 0 aromatic heterocycles. The lowest BCUT2D eigenvalue weighted by atomic mass is 10.1. The molecule has 2 amide bonds. The van der Waals surface area contributed by atoms with E-state index < -0.39 is 0 Å². The van der Waals surface area contributed by atoms with Gasteiger partial charge in [-0.1, -0.05) is 17.7 Å². The quantitative estimate of drug-likeness (QED) is 0.738. The molecule has 1 atom stereocenters. The van der Waals surface area contributed by atoms with Gasteiger partial charge in [0, 0.05) is 23.9 Å². The van der Waals surface area contributed by atoms with E-state index in [2.05, 4.69) is 5.32 Å². The van der Waals surface area contributed by atoms with Gasteiger partial charge in [-0.2, -0.15) is 0 Å². The SMILES string of the molecule is COc1cc(OC)c(C2SCCN2C(=O)Nc2ccc(C)cc2Cl)cc1OC. The topological polar surface area (TPSA) is 60.0 Å². The van der Waals surface area contributed by atoms with Crippen molar-refractivity contribution in [2.45, 2.75) is 12.3 Å². The molecule has 0 aliphatic carbocycles. The van der Waals surface area contributed by atoms with Crippen LogP contribution in [0.1, 0.15) is 16.5 Å². The van der Waals surface area contributed by atoms with E-state index in [4.69, 9.17) is 25.8 Å². The first-order chi connectivity index (χ1) is 13.5. The smallest absolute Gasteiger partial charge is 0.323 e. The maximum Gasteiger partial charge on any atom is 0.323 e. The zero-order valence-electron chi connectivity index (χ0n) is 16.2. The van der Waals surface area contributed by atoms with Crippen LogP contribution in [0.15, 0.2) is 30.3 Å². The number of carbonyl (C=O) groups is 1. The van der Waals surface area contributed by atoms with E-state index in [-0.39, 0.29) is 11.4 Å². The van der Waals surface area contributed by atoms with Gasteiger partial charge in [0.1, 0.15) is 11.1 Å². The molecule has 2 aromatic carbocycles. The van der Waals surface area contributed by atoms with E-state index >= 15 is 0 Å². The zero-order valence-corrected chi connectivity index (χ0v) is 17.8. The number of benzene rings is 2. The summed E-state index contributed by atoms with van der Waals surface area (Å²) in [5.41, 5.74) is 2.48. The molecule has 1 aliphatic heterocycles. The Morgan fingerprint density at radius 3 is 2.43 bits per heavy atom. The number of rotatable bonds is 5. The maximum atomic E-state index is 13.0. The van der Waals surface area contributed by atoms with Crippen molar-refractivity contribution < 1.29 is 19.0 Å². The van der Waals surface area contributed by atoms with Crippen LogP contribution < -0.4 is 19.5 Å². The zero-order chi connectivity index (χ0) is 20.3. The van der Waals surface area contributed by atoms with Gasteiger partial charge in [-0.3, -0.25) is 0 Å². The Bertz CT molecular complexity index is 878. The predicted molar refractivity (Wildman–Crippen MR) is 113 cm³/mol. The summed E-state index contributed by atoms with van der Waals surface area (Å²) in [6.45, 7) is 2.57. The summed E-state index contributed by atoms with van der Waals surface area (Å²) < 4.78 is 16.3. The molecular formula is C20H23ClN2O4S. The molecule has 0 radical (unpaired) electrons. The lowest BCUT2D eigenvalue weighted by Gasteiger charge is -2.26. The molecule has 1 fully saturated rings. The normalized spacial score (nSPS) is 16.0. The third-order valence-electron chi connectivity index (χ3n) is 4.52. The van der Waals surface area contributed by atoms with Gasteiger partial charge in [-0.05, 0) is 30.7 Å². The fourth-order valence-electron chi connectivity index (χ4n) is 3.09. The number of anilines is 1. The average molecular weight is 423 g/mol. The summed E-state index contributed by atoms with van der Waals surface area (Å²) in [7, 11) is 4.76. The largest absolute Gasteiger partial charge is 0.496 e. The van der Waals surface area contributed by atoms with E-state index in [1.807, 2.05) is 31.2 Å². The summed E-state index contributed by atoms with van der Waals surface area (Å²) in [4.78, 5) is 14.7.